The van der Waals surface area contributed by atoms with Gasteiger partial charge in [-0.15, -0.1) is 0 Å². The fourth-order valence-corrected chi connectivity index (χ4v) is 1.70. The first-order valence-corrected chi connectivity index (χ1v) is 6.03. The lowest BCUT2D eigenvalue weighted by molar-refractivity contribution is -0.123. The average Bonchev–Trinajstić information content (AvgIpc) is 2.26. The second-order valence-electron chi connectivity index (χ2n) is 4.30. The van der Waals surface area contributed by atoms with Crippen LogP contribution in [0.4, 0.5) is 0 Å². The molecule has 0 unspecified atom stereocenters. The monoisotopic (exact) mass is 300 g/mol. The zero-order valence-corrected chi connectivity index (χ0v) is 11.8. The van der Waals surface area contributed by atoms with Crippen LogP contribution in [-0.4, -0.2) is 18.6 Å². The summed E-state index contributed by atoms with van der Waals surface area (Å²) in [4.78, 5) is 11.2. The molecule has 0 aliphatic heterocycles. The van der Waals surface area contributed by atoms with Gasteiger partial charge in [0, 0.05) is 16.6 Å². The van der Waals surface area contributed by atoms with E-state index in [0.717, 1.165) is 15.8 Å². The van der Waals surface area contributed by atoms with E-state index in [0.29, 0.717) is 6.54 Å². The van der Waals surface area contributed by atoms with Crippen LogP contribution in [0.2, 0.25) is 0 Å². The molecule has 0 spiro atoms. The quantitative estimate of drug-likeness (QED) is 0.872. The zero-order chi connectivity index (χ0) is 13.1. The van der Waals surface area contributed by atoms with Crippen LogP contribution in [-0.2, 0) is 11.3 Å². The summed E-state index contributed by atoms with van der Waals surface area (Å²) in [5.74, 6) is 0.396. The standard InChI is InChI=1S/C12H17BrN2O2/c1-12(2,11(14)16)15-7-8-6-9(13)4-5-10(8)17-3/h4-6,15H,7H2,1-3H3,(H2,14,16). The summed E-state index contributed by atoms with van der Waals surface area (Å²) in [6.45, 7) is 4.01. The van der Waals surface area contributed by atoms with Crippen molar-refractivity contribution in [2.45, 2.75) is 25.9 Å². The molecule has 0 radical (unpaired) electrons. The molecule has 0 aliphatic carbocycles. The van der Waals surface area contributed by atoms with Gasteiger partial charge in [0.2, 0.25) is 5.91 Å². The van der Waals surface area contributed by atoms with Crippen molar-refractivity contribution in [3.8, 4) is 5.75 Å². The smallest absolute Gasteiger partial charge is 0.237 e. The largest absolute Gasteiger partial charge is 0.496 e. The van der Waals surface area contributed by atoms with Gasteiger partial charge in [-0.05, 0) is 32.0 Å². The van der Waals surface area contributed by atoms with Crippen LogP contribution < -0.4 is 15.8 Å². The van der Waals surface area contributed by atoms with Crippen molar-refractivity contribution in [2.24, 2.45) is 5.73 Å². The topological polar surface area (TPSA) is 64.3 Å². The van der Waals surface area contributed by atoms with E-state index in [1.165, 1.54) is 0 Å². The van der Waals surface area contributed by atoms with Gasteiger partial charge < -0.3 is 10.5 Å². The molecule has 5 heteroatoms. The van der Waals surface area contributed by atoms with E-state index >= 15 is 0 Å². The van der Waals surface area contributed by atoms with Crippen molar-refractivity contribution in [1.29, 1.82) is 0 Å². The van der Waals surface area contributed by atoms with E-state index in [1.807, 2.05) is 18.2 Å². The number of nitrogens with one attached hydrogen (secondary N) is 1. The third kappa shape index (κ3) is 3.71. The molecule has 3 N–H and O–H groups in total. The number of nitrogens with two attached hydrogens (primary N) is 1. The number of primary amides is 1. The Balaban J connectivity index is 2.81. The molecule has 1 aromatic carbocycles. The van der Waals surface area contributed by atoms with E-state index < -0.39 is 5.54 Å². The van der Waals surface area contributed by atoms with E-state index in [-0.39, 0.29) is 5.91 Å². The lowest BCUT2D eigenvalue weighted by Gasteiger charge is -2.23. The molecule has 0 fully saturated rings. The SMILES string of the molecule is COc1ccc(Br)cc1CNC(C)(C)C(N)=O. The van der Waals surface area contributed by atoms with Crippen LogP contribution in [0.3, 0.4) is 0 Å². The van der Waals surface area contributed by atoms with Gasteiger partial charge in [0.1, 0.15) is 5.75 Å². The minimum Gasteiger partial charge on any atom is -0.496 e. The molecule has 1 aromatic rings. The first-order chi connectivity index (χ1) is 7.86. The second kappa shape index (κ2) is 5.51. The van der Waals surface area contributed by atoms with Gasteiger partial charge in [0.15, 0.2) is 0 Å². The zero-order valence-electron chi connectivity index (χ0n) is 10.2. The lowest BCUT2D eigenvalue weighted by Crippen LogP contribution is -2.50. The number of ether oxygens (including phenoxy) is 1. The van der Waals surface area contributed by atoms with Gasteiger partial charge in [-0.25, -0.2) is 0 Å². The van der Waals surface area contributed by atoms with Gasteiger partial charge in [0.25, 0.3) is 0 Å². The van der Waals surface area contributed by atoms with E-state index in [1.54, 1.807) is 21.0 Å². The minimum absolute atomic E-state index is 0.383. The van der Waals surface area contributed by atoms with Crippen LogP contribution in [0.15, 0.2) is 22.7 Å². The summed E-state index contributed by atoms with van der Waals surface area (Å²) >= 11 is 3.40. The Kier molecular flexibility index (Phi) is 4.54. The Morgan fingerprint density at radius 1 is 1.53 bits per heavy atom. The van der Waals surface area contributed by atoms with Gasteiger partial charge in [0.05, 0.1) is 12.6 Å². The van der Waals surface area contributed by atoms with Crippen molar-refractivity contribution < 1.29 is 9.53 Å². The summed E-state index contributed by atoms with van der Waals surface area (Å²) in [6, 6.07) is 5.73. The van der Waals surface area contributed by atoms with Crippen molar-refractivity contribution in [3.05, 3.63) is 28.2 Å². The Morgan fingerprint density at radius 3 is 2.71 bits per heavy atom. The summed E-state index contributed by atoms with van der Waals surface area (Å²) in [5.41, 5.74) is 5.52. The maximum absolute atomic E-state index is 11.2. The highest BCUT2D eigenvalue weighted by Gasteiger charge is 2.24. The summed E-state index contributed by atoms with van der Waals surface area (Å²) < 4.78 is 6.21. The molecule has 0 saturated carbocycles. The molecule has 94 valence electrons. The minimum atomic E-state index is -0.743. The van der Waals surface area contributed by atoms with Crippen LogP contribution in [0.1, 0.15) is 19.4 Å². The first kappa shape index (κ1) is 14.0. The Hall–Kier alpha value is -1.07. The number of rotatable bonds is 5. The number of benzene rings is 1. The number of methoxy groups -OCH3 is 1. The van der Waals surface area contributed by atoms with Gasteiger partial charge in [-0.2, -0.15) is 0 Å². The third-order valence-electron chi connectivity index (χ3n) is 2.58. The predicted octanol–water partition coefficient (Wildman–Crippen LogP) is 1.81. The van der Waals surface area contributed by atoms with Crippen molar-refractivity contribution in [2.75, 3.05) is 7.11 Å². The van der Waals surface area contributed by atoms with Gasteiger partial charge >= 0.3 is 0 Å². The molecule has 4 nitrogen and oxygen atoms in total. The molecule has 1 rings (SSSR count). The summed E-state index contributed by atoms with van der Waals surface area (Å²) in [6.07, 6.45) is 0. The average molecular weight is 301 g/mol. The molecule has 0 bridgehead atoms. The number of carbonyl (C=O) groups excluding carboxylic acids is 1. The van der Waals surface area contributed by atoms with Crippen molar-refractivity contribution in [3.63, 3.8) is 0 Å². The van der Waals surface area contributed by atoms with Crippen LogP contribution in [0.5, 0.6) is 5.75 Å². The molecule has 0 aromatic heterocycles. The molecular formula is C12H17BrN2O2. The van der Waals surface area contributed by atoms with Crippen molar-refractivity contribution in [1.82, 2.24) is 5.32 Å². The number of hydrogen-bond acceptors (Lipinski definition) is 3. The summed E-state index contributed by atoms with van der Waals surface area (Å²) in [5, 5.41) is 3.10. The normalized spacial score (nSPS) is 11.3. The van der Waals surface area contributed by atoms with Crippen molar-refractivity contribution >= 4 is 21.8 Å². The van der Waals surface area contributed by atoms with Crippen LogP contribution >= 0.6 is 15.9 Å². The Bertz CT molecular complexity index is 419. The molecule has 17 heavy (non-hydrogen) atoms. The molecule has 1 amide bonds. The van der Waals surface area contributed by atoms with Gasteiger partial charge in [-0.3, -0.25) is 10.1 Å². The highest BCUT2D eigenvalue weighted by molar-refractivity contribution is 9.10. The van der Waals surface area contributed by atoms with Gasteiger partial charge in [-0.1, -0.05) is 15.9 Å². The Labute approximate surface area is 110 Å². The van der Waals surface area contributed by atoms with Crippen LogP contribution in [0.25, 0.3) is 0 Å². The summed E-state index contributed by atoms with van der Waals surface area (Å²) in [7, 11) is 1.62. The highest BCUT2D eigenvalue weighted by atomic mass is 79.9. The molecule has 0 saturated heterocycles. The van der Waals surface area contributed by atoms with E-state index in [4.69, 9.17) is 10.5 Å². The third-order valence-corrected chi connectivity index (χ3v) is 3.07. The van der Waals surface area contributed by atoms with E-state index in [2.05, 4.69) is 21.2 Å². The molecular weight excluding hydrogens is 284 g/mol. The fraction of sp³-hybridized carbons (Fsp3) is 0.417. The molecule has 0 aliphatic rings. The van der Waals surface area contributed by atoms with E-state index in [9.17, 15) is 4.79 Å². The maximum Gasteiger partial charge on any atom is 0.237 e. The molecule has 0 atom stereocenters. The number of carbonyl (C=O) groups is 1. The molecule has 0 heterocycles. The number of amides is 1. The highest BCUT2D eigenvalue weighted by Crippen LogP contribution is 2.23. The Morgan fingerprint density at radius 2 is 2.18 bits per heavy atom. The fourth-order valence-electron chi connectivity index (χ4n) is 1.29. The lowest BCUT2D eigenvalue weighted by atomic mass is 10.0. The second-order valence-corrected chi connectivity index (χ2v) is 5.21. The first-order valence-electron chi connectivity index (χ1n) is 5.24. The van der Waals surface area contributed by atoms with Crippen LogP contribution in [0, 0.1) is 0 Å². The number of halogens is 1. The maximum atomic E-state index is 11.2. The predicted molar refractivity (Wildman–Crippen MR) is 70.8 cm³/mol. The number of hydrogen-bond donors (Lipinski definition) is 2.